The van der Waals surface area contributed by atoms with Crippen LogP contribution in [0.1, 0.15) is 23.2 Å². The van der Waals surface area contributed by atoms with Crippen LogP contribution in [0, 0.1) is 11.8 Å². The predicted molar refractivity (Wildman–Crippen MR) is 89.9 cm³/mol. The molecule has 0 radical (unpaired) electrons. The van der Waals surface area contributed by atoms with E-state index in [0.29, 0.717) is 17.4 Å². The van der Waals surface area contributed by atoms with Crippen molar-refractivity contribution in [1.82, 2.24) is 20.2 Å². The third-order valence-electron chi connectivity index (χ3n) is 5.29. The minimum Gasteiger partial charge on any atom is -0.391 e. The molecule has 1 amide bonds. The smallest absolute Gasteiger partial charge is 0.251 e. The van der Waals surface area contributed by atoms with Gasteiger partial charge in [-0.3, -0.25) is 4.79 Å². The summed E-state index contributed by atoms with van der Waals surface area (Å²) >= 11 is 0. The molecule has 1 aliphatic heterocycles. The monoisotopic (exact) mass is 326 g/mol. The molecule has 2 aliphatic rings. The highest BCUT2D eigenvalue weighted by atomic mass is 16.3. The molecule has 1 saturated carbocycles. The Morgan fingerprint density at radius 1 is 1.21 bits per heavy atom. The molecular formula is C18H22N4O2. The largest absolute Gasteiger partial charge is 0.391 e. The standard InChI is InChI=1S/C18H22N4O2/c23-17-8-14-10-20-9-13(14)7-16(17)21-18(24)12-1-3-15(4-2-12)22-6-5-19-11-22/h1-6,11,13-14,16-17,20,23H,7-10H2,(H,21,24)/t13-,14+,16-,17-/m0/s1. The molecular weight excluding hydrogens is 304 g/mol. The number of nitrogens with zero attached hydrogens (tertiary/aromatic N) is 2. The molecule has 2 aromatic rings. The number of aliphatic hydroxyl groups excluding tert-OH is 1. The maximum absolute atomic E-state index is 12.5. The number of amides is 1. The van der Waals surface area contributed by atoms with Crippen molar-refractivity contribution in [3.63, 3.8) is 0 Å². The number of hydrogen-bond donors (Lipinski definition) is 3. The second-order valence-electron chi connectivity index (χ2n) is 6.81. The van der Waals surface area contributed by atoms with E-state index in [1.807, 2.05) is 22.9 Å². The van der Waals surface area contributed by atoms with Crippen LogP contribution in [0.5, 0.6) is 0 Å². The van der Waals surface area contributed by atoms with E-state index in [1.54, 1.807) is 24.7 Å². The zero-order chi connectivity index (χ0) is 16.5. The van der Waals surface area contributed by atoms with Gasteiger partial charge in [0.15, 0.2) is 0 Å². The first-order chi connectivity index (χ1) is 11.7. The van der Waals surface area contributed by atoms with E-state index >= 15 is 0 Å². The first kappa shape index (κ1) is 15.4. The second-order valence-corrected chi connectivity index (χ2v) is 6.81. The van der Waals surface area contributed by atoms with Gasteiger partial charge in [0.25, 0.3) is 5.91 Å². The zero-order valence-electron chi connectivity index (χ0n) is 13.4. The molecule has 4 atom stereocenters. The number of benzene rings is 1. The van der Waals surface area contributed by atoms with Gasteiger partial charge in [0, 0.05) is 23.6 Å². The van der Waals surface area contributed by atoms with Crippen molar-refractivity contribution in [3.8, 4) is 5.69 Å². The number of carbonyl (C=O) groups is 1. The summed E-state index contributed by atoms with van der Waals surface area (Å²) in [6.07, 6.45) is 6.45. The van der Waals surface area contributed by atoms with E-state index in [9.17, 15) is 9.90 Å². The average molecular weight is 326 g/mol. The third kappa shape index (κ3) is 2.95. The number of aliphatic hydroxyl groups is 1. The summed E-state index contributed by atoms with van der Waals surface area (Å²) in [4.78, 5) is 16.5. The van der Waals surface area contributed by atoms with E-state index in [1.165, 1.54) is 0 Å². The van der Waals surface area contributed by atoms with Crippen molar-refractivity contribution in [2.24, 2.45) is 11.8 Å². The van der Waals surface area contributed by atoms with Gasteiger partial charge in [-0.2, -0.15) is 0 Å². The molecule has 24 heavy (non-hydrogen) atoms. The highest BCUT2D eigenvalue weighted by Gasteiger charge is 2.39. The maximum atomic E-state index is 12.5. The lowest BCUT2D eigenvalue weighted by Crippen LogP contribution is -2.49. The summed E-state index contributed by atoms with van der Waals surface area (Å²) in [5.74, 6) is 0.977. The summed E-state index contributed by atoms with van der Waals surface area (Å²) in [6, 6.07) is 7.24. The Labute approximate surface area is 140 Å². The van der Waals surface area contributed by atoms with Crippen molar-refractivity contribution >= 4 is 5.91 Å². The summed E-state index contributed by atoms with van der Waals surface area (Å²) in [6.45, 7) is 1.97. The van der Waals surface area contributed by atoms with Gasteiger partial charge in [-0.1, -0.05) is 0 Å². The Morgan fingerprint density at radius 2 is 1.96 bits per heavy atom. The molecule has 126 valence electrons. The predicted octanol–water partition coefficient (Wildman–Crippen LogP) is 0.961. The lowest BCUT2D eigenvalue weighted by molar-refractivity contribution is 0.0462. The number of rotatable bonds is 3. The molecule has 0 spiro atoms. The van der Waals surface area contributed by atoms with Crippen LogP contribution in [-0.4, -0.2) is 45.8 Å². The Hall–Kier alpha value is -2.18. The number of aromatic nitrogens is 2. The van der Waals surface area contributed by atoms with Crippen LogP contribution in [0.15, 0.2) is 43.0 Å². The van der Waals surface area contributed by atoms with Crippen molar-refractivity contribution < 1.29 is 9.90 Å². The molecule has 1 aromatic heterocycles. The van der Waals surface area contributed by atoms with Gasteiger partial charge in [0.2, 0.25) is 0 Å². The third-order valence-corrected chi connectivity index (χ3v) is 5.29. The number of imidazole rings is 1. The van der Waals surface area contributed by atoms with Gasteiger partial charge >= 0.3 is 0 Å². The number of fused-ring (bicyclic) bond motifs is 1. The van der Waals surface area contributed by atoms with Crippen molar-refractivity contribution in [3.05, 3.63) is 48.5 Å². The first-order valence-electron chi connectivity index (χ1n) is 8.49. The Balaban J connectivity index is 1.42. The van der Waals surface area contributed by atoms with E-state index in [2.05, 4.69) is 15.6 Å². The molecule has 6 heteroatoms. The fourth-order valence-corrected chi connectivity index (χ4v) is 3.90. The summed E-state index contributed by atoms with van der Waals surface area (Å²) < 4.78 is 1.89. The molecule has 0 unspecified atom stereocenters. The number of hydrogen-bond acceptors (Lipinski definition) is 4. The molecule has 3 N–H and O–H groups in total. The van der Waals surface area contributed by atoms with Gasteiger partial charge < -0.3 is 20.3 Å². The van der Waals surface area contributed by atoms with Crippen molar-refractivity contribution in [2.75, 3.05) is 13.1 Å². The topological polar surface area (TPSA) is 79.2 Å². The highest BCUT2D eigenvalue weighted by Crippen LogP contribution is 2.33. The molecule has 2 heterocycles. The molecule has 1 aromatic carbocycles. The van der Waals surface area contributed by atoms with E-state index < -0.39 is 6.10 Å². The average Bonchev–Trinajstić information content (AvgIpc) is 3.26. The quantitative estimate of drug-likeness (QED) is 0.785. The molecule has 4 rings (SSSR count). The summed E-state index contributed by atoms with van der Waals surface area (Å²) in [5.41, 5.74) is 1.57. The van der Waals surface area contributed by atoms with Crippen LogP contribution in [0.25, 0.3) is 5.69 Å². The van der Waals surface area contributed by atoms with Gasteiger partial charge in [0.05, 0.1) is 18.5 Å². The molecule has 1 aliphatic carbocycles. The second kappa shape index (κ2) is 6.37. The van der Waals surface area contributed by atoms with Gasteiger partial charge in [0.1, 0.15) is 0 Å². The Bertz CT molecular complexity index is 698. The van der Waals surface area contributed by atoms with Crippen LogP contribution in [-0.2, 0) is 0 Å². The SMILES string of the molecule is O=C(N[C@H]1C[C@H]2CNC[C@H]2C[C@@H]1O)c1ccc(-n2ccnc2)cc1. The number of nitrogens with one attached hydrogen (secondary N) is 2. The van der Waals surface area contributed by atoms with E-state index in [0.717, 1.165) is 31.6 Å². The Morgan fingerprint density at radius 3 is 2.67 bits per heavy atom. The summed E-state index contributed by atoms with van der Waals surface area (Å²) in [5, 5.41) is 16.7. The summed E-state index contributed by atoms with van der Waals surface area (Å²) in [7, 11) is 0. The maximum Gasteiger partial charge on any atom is 0.251 e. The Kier molecular flexibility index (Phi) is 4.08. The van der Waals surface area contributed by atoms with Crippen LogP contribution in [0.4, 0.5) is 0 Å². The normalized spacial score (nSPS) is 29.2. The number of carbonyl (C=O) groups excluding carboxylic acids is 1. The first-order valence-corrected chi connectivity index (χ1v) is 8.49. The van der Waals surface area contributed by atoms with E-state index in [4.69, 9.17) is 0 Å². The highest BCUT2D eigenvalue weighted by molar-refractivity contribution is 5.94. The minimum absolute atomic E-state index is 0.124. The minimum atomic E-state index is -0.458. The van der Waals surface area contributed by atoms with Crippen molar-refractivity contribution in [1.29, 1.82) is 0 Å². The molecule has 1 saturated heterocycles. The van der Waals surface area contributed by atoms with Crippen LogP contribution in [0.3, 0.4) is 0 Å². The lowest BCUT2D eigenvalue weighted by Gasteiger charge is -2.35. The van der Waals surface area contributed by atoms with Crippen LogP contribution >= 0.6 is 0 Å². The fraction of sp³-hybridized carbons (Fsp3) is 0.444. The van der Waals surface area contributed by atoms with Crippen LogP contribution in [0.2, 0.25) is 0 Å². The molecule has 6 nitrogen and oxygen atoms in total. The van der Waals surface area contributed by atoms with Crippen LogP contribution < -0.4 is 10.6 Å². The molecule has 2 fully saturated rings. The van der Waals surface area contributed by atoms with Gasteiger partial charge in [-0.05, 0) is 62.0 Å². The van der Waals surface area contributed by atoms with Crippen molar-refractivity contribution in [2.45, 2.75) is 25.0 Å². The van der Waals surface area contributed by atoms with E-state index in [-0.39, 0.29) is 11.9 Å². The van der Waals surface area contributed by atoms with Gasteiger partial charge in [-0.15, -0.1) is 0 Å². The fourth-order valence-electron chi connectivity index (χ4n) is 3.90. The molecule has 0 bridgehead atoms. The lowest BCUT2D eigenvalue weighted by atomic mass is 9.77. The van der Waals surface area contributed by atoms with Gasteiger partial charge in [-0.25, -0.2) is 4.98 Å². The zero-order valence-corrected chi connectivity index (χ0v) is 13.4.